The van der Waals surface area contributed by atoms with Crippen molar-refractivity contribution in [1.29, 1.82) is 0 Å². The molecule has 4 aliphatic carbocycles. The van der Waals surface area contributed by atoms with Gasteiger partial charge in [0.05, 0.1) is 6.42 Å². The van der Waals surface area contributed by atoms with E-state index in [0.29, 0.717) is 12.3 Å². The first-order chi connectivity index (χ1) is 9.66. The van der Waals surface area contributed by atoms with Crippen LogP contribution in [0.15, 0.2) is 30.3 Å². The van der Waals surface area contributed by atoms with E-state index in [4.69, 9.17) is 0 Å². The lowest BCUT2D eigenvalue weighted by Gasteiger charge is -2.61. The third kappa shape index (κ3) is 1.81. The minimum atomic E-state index is -0.604. The van der Waals surface area contributed by atoms with Gasteiger partial charge in [-0.25, -0.2) is 0 Å². The molecule has 2 heteroatoms. The number of hydrogen-bond acceptors (Lipinski definition) is 1. The van der Waals surface area contributed by atoms with Crippen LogP contribution in [0.4, 0.5) is 0 Å². The molecule has 4 saturated carbocycles. The second-order valence-corrected chi connectivity index (χ2v) is 7.43. The Morgan fingerprint density at radius 1 is 1.10 bits per heavy atom. The molecular weight excluding hydrogens is 248 g/mol. The van der Waals surface area contributed by atoms with Gasteiger partial charge in [-0.3, -0.25) is 4.79 Å². The van der Waals surface area contributed by atoms with Crippen molar-refractivity contribution in [1.82, 2.24) is 0 Å². The predicted octanol–water partition coefficient (Wildman–Crippen LogP) is 4.07. The number of aliphatic carboxylic acids is 1. The number of hydrogen-bond donors (Lipinski definition) is 1. The van der Waals surface area contributed by atoms with Gasteiger partial charge in [0.25, 0.3) is 0 Å². The van der Waals surface area contributed by atoms with Gasteiger partial charge >= 0.3 is 5.97 Å². The van der Waals surface area contributed by atoms with E-state index in [1.54, 1.807) is 0 Å². The molecule has 3 unspecified atom stereocenters. The monoisotopic (exact) mass is 270 g/mol. The third-order valence-electron chi connectivity index (χ3n) is 6.12. The first kappa shape index (κ1) is 12.4. The average Bonchev–Trinajstić information content (AvgIpc) is 2.37. The fourth-order valence-corrected chi connectivity index (χ4v) is 6.05. The zero-order chi connectivity index (χ0) is 13.7. The van der Waals surface area contributed by atoms with Gasteiger partial charge in [-0.15, -0.1) is 0 Å². The van der Waals surface area contributed by atoms with Crippen LogP contribution in [0.25, 0.3) is 0 Å². The van der Waals surface area contributed by atoms with Crippen LogP contribution >= 0.6 is 0 Å². The Hall–Kier alpha value is -1.31. The molecule has 0 aliphatic heterocycles. The van der Waals surface area contributed by atoms with Crippen molar-refractivity contribution < 1.29 is 9.90 Å². The summed E-state index contributed by atoms with van der Waals surface area (Å²) in [5.74, 6) is 2.20. The summed E-state index contributed by atoms with van der Waals surface area (Å²) in [7, 11) is 0. The molecule has 1 aromatic carbocycles. The summed E-state index contributed by atoms with van der Waals surface area (Å²) in [5.41, 5.74) is 1.43. The molecule has 1 N–H and O–H groups in total. The molecule has 0 amide bonds. The fourth-order valence-electron chi connectivity index (χ4n) is 6.05. The van der Waals surface area contributed by atoms with Gasteiger partial charge < -0.3 is 5.11 Å². The van der Waals surface area contributed by atoms with E-state index in [-0.39, 0.29) is 5.41 Å². The molecule has 4 aliphatic rings. The SMILES string of the molecule is O=C(O)CC12CC3CC(CC(C3)C1c1ccccc1)C2. The summed E-state index contributed by atoms with van der Waals surface area (Å²) in [6.45, 7) is 0. The highest BCUT2D eigenvalue weighted by Crippen LogP contribution is 2.67. The van der Waals surface area contributed by atoms with Crippen LogP contribution in [0.2, 0.25) is 0 Å². The first-order valence-electron chi connectivity index (χ1n) is 7.93. The maximum Gasteiger partial charge on any atom is 0.303 e. The van der Waals surface area contributed by atoms with Gasteiger partial charge in [-0.2, -0.15) is 0 Å². The lowest BCUT2D eigenvalue weighted by molar-refractivity contribution is -0.147. The number of carboxylic acid groups (broad SMARTS) is 1. The fraction of sp³-hybridized carbons (Fsp3) is 0.611. The molecule has 5 rings (SSSR count). The summed E-state index contributed by atoms with van der Waals surface area (Å²) >= 11 is 0. The number of rotatable bonds is 3. The molecule has 4 fully saturated rings. The molecule has 3 atom stereocenters. The Labute approximate surface area is 120 Å². The van der Waals surface area contributed by atoms with E-state index in [9.17, 15) is 9.90 Å². The average molecular weight is 270 g/mol. The van der Waals surface area contributed by atoms with Crippen LogP contribution in [0.3, 0.4) is 0 Å². The smallest absolute Gasteiger partial charge is 0.303 e. The summed E-state index contributed by atoms with van der Waals surface area (Å²) in [6, 6.07) is 10.7. The molecule has 0 aromatic heterocycles. The Morgan fingerprint density at radius 2 is 1.75 bits per heavy atom. The second kappa shape index (κ2) is 4.34. The van der Waals surface area contributed by atoms with Crippen LogP contribution in [0.1, 0.15) is 50.0 Å². The van der Waals surface area contributed by atoms with E-state index < -0.39 is 5.97 Å². The molecule has 106 valence electrons. The standard InChI is InChI=1S/C18H22O2/c19-16(20)11-18-9-12-6-13(10-18)8-15(7-12)17(18)14-4-2-1-3-5-14/h1-5,12-13,15,17H,6-11H2,(H,19,20). The molecule has 20 heavy (non-hydrogen) atoms. The van der Waals surface area contributed by atoms with Crippen molar-refractivity contribution in [2.75, 3.05) is 0 Å². The topological polar surface area (TPSA) is 37.3 Å². The summed E-state index contributed by atoms with van der Waals surface area (Å²) in [5, 5.41) is 9.44. The highest BCUT2D eigenvalue weighted by atomic mass is 16.4. The Bertz CT molecular complexity index is 507. The van der Waals surface area contributed by atoms with E-state index in [1.165, 1.54) is 24.8 Å². The Balaban J connectivity index is 1.77. The second-order valence-electron chi connectivity index (χ2n) is 7.43. The minimum absolute atomic E-state index is 0.0436. The van der Waals surface area contributed by atoms with Crippen LogP contribution in [-0.4, -0.2) is 11.1 Å². The van der Waals surface area contributed by atoms with Crippen LogP contribution in [0, 0.1) is 23.2 Å². The quantitative estimate of drug-likeness (QED) is 0.899. The molecule has 2 nitrogen and oxygen atoms in total. The third-order valence-corrected chi connectivity index (χ3v) is 6.12. The van der Waals surface area contributed by atoms with Crippen LogP contribution in [0.5, 0.6) is 0 Å². The van der Waals surface area contributed by atoms with E-state index in [2.05, 4.69) is 30.3 Å². The molecule has 0 saturated heterocycles. The Morgan fingerprint density at radius 3 is 2.35 bits per heavy atom. The number of carbonyl (C=O) groups is 1. The van der Waals surface area contributed by atoms with Crippen molar-refractivity contribution >= 4 is 5.97 Å². The van der Waals surface area contributed by atoms with E-state index in [1.807, 2.05) is 0 Å². The Kier molecular flexibility index (Phi) is 2.70. The van der Waals surface area contributed by atoms with Crippen LogP contribution in [-0.2, 0) is 4.79 Å². The zero-order valence-corrected chi connectivity index (χ0v) is 11.8. The number of benzene rings is 1. The lowest BCUT2D eigenvalue weighted by Crippen LogP contribution is -2.52. The predicted molar refractivity (Wildman–Crippen MR) is 77.4 cm³/mol. The highest BCUT2D eigenvalue weighted by molar-refractivity contribution is 5.68. The van der Waals surface area contributed by atoms with Crippen molar-refractivity contribution in [2.45, 2.75) is 44.4 Å². The largest absolute Gasteiger partial charge is 0.481 e. The van der Waals surface area contributed by atoms with Gasteiger partial charge in [0.2, 0.25) is 0 Å². The molecular formula is C18H22O2. The van der Waals surface area contributed by atoms with Gasteiger partial charge in [0.1, 0.15) is 0 Å². The first-order valence-corrected chi connectivity index (χ1v) is 7.93. The van der Waals surface area contributed by atoms with E-state index >= 15 is 0 Å². The van der Waals surface area contributed by atoms with Gasteiger partial charge in [0, 0.05) is 0 Å². The van der Waals surface area contributed by atoms with Crippen molar-refractivity contribution in [3.8, 4) is 0 Å². The molecule has 4 bridgehead atoms. The highest BCUT2D eigenvalue weighted by Gasteiger charge is 2.57. The van der Waals surface area contributed by atoms with Crippen molar-refractivity contribution in [2.24, 2.45) is 23.2 Å². The zero-order valence-electron chi connectivity index (χ0n) is 11.8. The maximum absolute atomic E-state index is 11.5. The van der Waals surface area contributed by atoms with Gasteiger partial charge in [-0.1, -0.05) is 30.3 Å². The summed E-state index contributed by atoms with van der Waals surface area (Å²) in [6.07, 6.45) is 6.68. The van der Waals surface area contributed by atoms with Crippen molar-refractivity contribution in [3.05, 3.63) is 35.9 Å². The molecule has 0 spiro atoms. The summed E-state index contributed by atoms with van der Waals surface area (Å²) in [4.78, 5) is 11.5. The van der Waals surface area contributed by atoms with E-state index in [0.717, 1.165) is 30.6 Å². The minimum Gasteiger partial charge on any atom is -0.481 e. The molecule has 1 aromatic rings. The van der Waals surface area contributed by atoms with Crippen molar-refractivity contribution in [3.63, 3.8) is 0 Å². The maximum atomic E-state index is 11.5. The molecule has 0 radical (unpaired) electrons. The summed E-state index contributed by atoms with van der Waals surface area (Å²) < 4.78 is 0. The molecule has 0 heterocycles. The number of carboxylic acids is 1. The van der Waals surface area contributed by atoms with Gasteiger partial charge in [0.15, 0.2) is 0 Å². The van der Waals surface area contributed by atoms with Gasteiger partial charge in [-0.05, 0) is 66.8 Å². The lowest BCUT2D eigenvalue weighted by atomic mass is 9.43. The normalized spacial score (nSPS) is 41.8. The van der Waals surface area contributed by atoms with Crippen LogP contribution < -0.4 is 0 Å².